The van der Waals surface area contributed by atoms with E-state index in [4.69, 9.17) is 11.6 Å². The van der Waals surface area contributed by atoms with E-state index in [1.807, 2.05) is 0 Å². The fourth-order valence-electron chi connectivity index (χ4n) is 0.284. The number of carbonyl (C=O) groups is 1. The molecule has 9 heavy (non-hydrogen) atoms. The fraction of sp³-hybridized carbons (Fsp3) is 0.800. The molecule has 0 heterocycles. The highest BCUT2D eigenvalue weighted by Gasteiger charge is 2.04. The molecule has 0 aliphatic rings. The molecule has 0 aromatic heterocycles. The summed E-state index contributed by atoms with van der Waals surface area (Å²) < 4.78 is 8.80. The fourth-order valence-corrected chi connectivity index (χ4v) is 0.357. The summed E-state index contributed by atoms with van der Waals surface area (Å²) in [7, 11) is 0. The molecule has 0 fully saturated rings. The normalized spacial score (nSPS) is 12.3. The van der Waals surface area contributed by atoms with Crippen molar-refractivity contribution in [2.45, 2.75) is 19.4 Å². The van der Waals surface area contributed by atoms with Crippen molar-refractivity contribution in [3.8, 4) is 0 Å². The average molecular weight is 153 g/mol. The Morgan fingerprint density at radius 1 is 1.78 bits per heavy atom. The molecular weight excluding hydrogens is 144 g/mol. The lowest BCUT2D eigenvalue weighted by Gasteiger charge is -2.04. The Hall–Kier alpha value is -0.440. The third-order valence-corrected chi connectivity index (χ3v) is 0.610. The van der Waals surface area contributed by atoms with Gasteiger partial charge in [0.15, 0.2) is 5.56 Å². The van der Waals surface area contributed by atoms with Gasteiger partial charge in [-0.2, -0.15) is 0 Å². The van der Waals surface area contributed by atoms with Gasteiger partial charge in [0.1, 0.15) is 0 Å². The van der Waals surface area contributed by atoms with Crippen molar-refractivity contribution in [2.75, 3.05) is 6.61 Å². The Morgan fingerprint density at radius 3 is 2.67 bits per heavy atom. The zero-order valence-corrected chi connectivity index (χ0v) is 6.14. The third kappa shape index (κ3) is 5.43. The van der Waals surface area contributed by atoms with Crippen LogP contribution in [0.15, 0.2) is 0 Å². The monoisotopic (exact) mass is 152 g/mol. The van der Waals surface area contributed by atoms with Crippen LogP contribution < -0.4 is 0 Å². The lowest BCUT2D eigenvalue weighted by Crippen LogP contribution is -2.10. The molecule has 0 aliphatic carbocycles. The Kier molecular flexibility index (Phi) is 4.22. The highest BCUT2D eigenvalue weighted by Crippen LogP contribution is 1.97. The van der Waals surface area contributed by atoms with E-state index in [0.717, 1.165) is 0 Å². The SMILES string of the molecule is CCOC(=O)O[C@H](C)Cl. The lowest BCUT2D eigenvalue weighted by atomic mass is 10.8. The molecule has 0 bridgehead atoms. The number of hydrogen-bond donors (Lipinski definition) is 0. The molecule has 0 aromatic carbocycles. The second-order valence-electron chi connectivity index (χ2n) is 1.34. The van der Waals surface area contributed by atoms with Crippen LogP contribution in [0.3, 0.4) is 0 Å². The van der Waals surface area contributed by atoms with Gasteiger partial charge >= 0.3 is 6.16 Å². The first-order chi connectivity index (χ1) is 4.16. The molecule has 3 nitrogen and oxygen atoms in total. The van der Waals surface area contributed by atoms with E-state index >= 15 is 0 Å². The summed E-state index contributed by atoms with van der Waals surface area (Å²) in [4.78, 5) is 10.3. The number of ether oxygens (including phenoxy) is 2. The topological polar surface area (TPSA) is 35.5 Å². The Morgan fingerprint density at radius 2 is 2.33 bits per heavy atom. The van der Waals surface area contributed by atoms with E-state index in [-0.39, 0.29) is 0 Å². The maximum Gasteiger partial charge on any atom is 0.509 e. The predicted molar refractivity (Wildman–Crippen MR) is 33.4 cm³/mol. The number of alkyl halides is 1. The maximum absolute atomic E-state index is 10.3. The van der Waals surface area contributed by atoms with Gasteiger partial charge in [0.2, 0.25) is 0 Å². The van der Waals surface area contributed by atoms with Gasteiger partial charge in [-0.05, 0) is 13.8 Å². The molecule has 1 atom stereocenters. The van der Waals surface area contributed by atoms with Crippen molar-refractivity contribution in [2.24, 2.45) is 0 Å². The Balaban J connectivity index is 3.27. The molecule has 0 rings (SSSR count). The lowest BCUT2D eigenvalue weighted by molar-refractivity contribution is 0.0534. The van der Waals surface area contributed by atoms with Crippen LogP contribution in [-0.2, 0) is 9.47 Å². The molecule has 0 aromatic rings. The summed E-state index contributed by atoms with van der Waals surface area (Å²) in [6.07, 6.45) is -0.722. The van der Waals surface area contributed by atoms with Gasteiger partial charge in [0.25, 0.3) is 0 Å². The molecule has 0 N–H and O–H groups in total. The summed E-state index contributed by atoms with van der Waals surface area (Å²) in [5.41, 5.74) is -0.621. The van der Waals surface area contributed by atoms with Crippen LogP contribution in [0.25, 0.3) is 0 Å². The summed E-state index contributed by atoms with van der Waals surface area (Å²) in [6, 6.07) is 0. The van der Waals surface area contributed by atoms with E-state index in [2.05, 4.69) is 9.47 Å². The van der Waals surface area contributed by atoms with E-state index in [1.54, 1.807) is 13.8 Å². The van der Waals surface area contributed by atoms with Crippen molar-refractivity contribution in [1.29, 1.82) is 0 Å². The standard InChI is InChI=1S/C5H9ClO3/c1-3-8-5(7)9-4(2)6/h4H,3H2,1-2H3/t4-/m1/s1. The van der Waals surface area contributed by atoms with Crippen molar-refractivity contribution in [1.82, 2.24) is 0 Å². The Labute approximate surface area is 58.9 Å². The molecule has 4 heteroatoms. The van der Waals surface area contributed by atoms with Crippen molar-refractivity contribution in [3.63, 3.8) is 0 Å². The van der Waals surface area contributed by atoms with Crippen LogP contribution in [0.1, 0.15) is 13.8 Å². The minimum atomic E-state index is -0.722. The molecule has 0 saturated carbocycles. The van der Waals surface area contributed by atoms with Gasteiger partial charge < -0.3 is 9.47 Å². The van der Waals surface area contributed by atoms with Crippen LogP contribution in [0, 0.1) is 0 Å². The molecule has 0 radical (unpaired) electrons. The van der Waals surface area contributed by atoms with Gasteiger partial charge in [-0.3, -0.25) is 0 Å². The first-order valence-electron chi connectivity index (χ1n) is 2.64. The largest absolute Gasteiger partial charge is 0.509 e. The zero-order valence-electron chi connectivity index (χ0n) is 5.39. The van der Waals surface area contributed by atoms with Gasteiger partial charge in [-0.1, -0.05) is 11.6 Å². The molecule has 0 spiro atoms. The van der Waals surface area contributed by atoms with Gasteiger partial charge in [0, 0.05) is 0 Å². The first kappa shape index (κ1) is 8.56. The van der Waals surface area contributed by atoms with Crippen molar-refractivity contribution >= 4 is 17.8 Å². The van der Waals surface area contributed by atoms with Crippen LogP contribution in [-0.4, -0.2) is 18.3 Å². The van der Waals surface area contributed by atoms with Crippen molar-refractivity contribution < 1.29 is 14.3 Å². The van der Waals surface area contributed by atoms with Crippen molar-refractivity contribution in [3.05, 3.63) is 0 Å². The minimum Gasteiger partial charge on any atom is -0.435 e. The molecule has 0 unspecified atom stereocenters. The smallest absolute Gasteiger partial charge is 0.435 e. The third-order valence-electron chi connectivity index (χ3n) is 0.521. The van der Waals surface area contributed by atoms with E-state index in [1.165, 1.54) is 0 Å². The average Bonchev–Trinajstić information content (AvgIpc) is 1.63. The highest BCUT2D eigenvalue weighted by atomic mass is 35.5. The summed E-state index contributed by atoms with van der Waals surface area (Å²) in [5.74, 6) is 0. The van der Waals surface area contributed by atoms with Crippen LogP contribution in [0.2, 0.25) is 0 Å². The van der Waals surface area contributed by atoms with Gasteiger partial charge in [0.05, 0.1) is 6.61 Å². The van der Waals surface area contributed by atoms with Crippen LogP contribution >= 0.6 is 11.6 Å². The predicted octanol–water partition coefficient (Wildman–Crippen LogP) is 1.74. The maximum atomic E-state index is 10.3. The second-order valence-corrected chi connectivity index (χ2v) is 1.96. The van der Waals surface area contributed by atoms with E-state index < -0.39 is 11.7 Å². The second kappa shape index (κ2) is 4.44. The number of halogens is 1. The quantitative estimate of drug-likeness (QED) is 0.447. The molecule has 0 aliphatic heterocycles. The summed E-state index contributed by atoms with van der Waals surface area (Å²) >= 11 is 5.29. The number of carbonyl (C=O) groups excluding carboxylic acids is 1. The molecule has 54 valence electrons. The van der Waals surface area contributed by atoms with Crippen LogP contribution in [0.4, 0.5) is 4.79 Å². The first-order valence-corrected chi connectivity index (χ1v) is 3.08. The summed E-state index contributed by atoms with van der Waals surface area (Å²) in [6.45, 7) is 3.54. The Bertz CT molecular complexity index is 92.2. The van der Waals surface area contributed by atoms with E-state index in [9.17, 15) is 4.79 Å². The zero-order chi connectivity index (χ0) is 7.28. The number of rotatable bonds is 2. The van der Waals surface area contributed by atoms with Crippen LogP contribution in [0.5, 0.6) is 0 Å². The molecule has 0 amide bonds. The van der Waals surface area contributed by atoms with Gasteiger partial charge in [-0.25, -0.2) is 4.79 Å². The minimum absolute atomic E-state index is 0.308. The molecule has 0 saturated heterocycles. The highest BCUT2D eigenvalue weighted by molar-refractivity contribution is 6.19. The summed E-state index contributed by atoms with van der Waals surface area (Å²) in [5, 5.41) is 0. The van der Waals surface area contributed by atoms with Gasteiger partial charge in [-0.15, -0.1) is 0 Å². The number of hydrogen-bond acceptors (Lipinski definition) is 3. The van der Waals surface area contributed by atoms with E-state index in [0.29, 0.717) is 6.61 Å². The molecular formula is C5H9ClO3.